The highest BCUT2D eigenvalue weighted by Crippen LogP contribution is 2.15. The SMILES string of the molecule is Cc1cc(C)cc(NC(=NCC2CCCO2)NC(=O)c2cccc(F)c2)c1. The van der Waals surface area contributed by atoms with Gasteiger partial charge in [-0.05, 0) is 68.1 Å². The van der Waals surface area contributed by atoms with Crippen molar-refractivity contribution in [1.82, 2.24) is 5.32 Å². The van der Waals surface area contributed by atoms with Crippen molar-refractivity contribution in [2.24, 2.45) is 4.99 Å². The van der Waals surface area contributed by atoms with Gasteiger partial charge < -0.3 is 10.1 Å². The fourth-order valence-electron chi connectivity index (χ4n) is 3.08. The lowest BCUT2D eigenvalue weighted by molar-refractivity contribution is 0.0975. The number of carbonyl (C=O) groups excluding carboxylic acids is 1. The molecule has 0 saturated carbocycles. The second kappa shape index (κ2) is 8.77. The molecule has 3 rings (SSSR count). The molecule has 0 aromatic heterocycles. The molecule has 2 aromatic carbocycles. The summed E-state index contributed by atoms with van der Waals surface area (Å²) in [7, 11) is 0. The smallest absolute Gasteiger partial charge is 0.258 e. The molecule has 27 heavy (non-hydrogen) atoms. The Bertz CT molecular complexity index is 825. The zero-order chi connectivity index (χ0) is 19.2. The highest BCUT2D eigenvalue weighted by atomic mass is 19.1. The van der Waals surface area contributed by atoms with Crippen LogP contribution in [0, 0.1) is 19.7 Å². The van der Waals surface area contributed by atoms with Gasteiger partial charge in [-0.3, -0.25) is 10.1 Å². The van der Waals surface area contributed by atoms with Crippen molar-refractivity contribution in [1.29, 1.82) is 0 Å². The Balaban J connectivity index is 1.77. The molecule has 1 saturated heterocycles. The molecule has 1 atom stereocenters. The van der Waals surface area contributed by atoms with Crippen LogP contribution >= 0.6 is 0 Å². The van der Waals surface area contributed by atoms with Crippen LogP contribution in [-0.2, 0) is 4.74 Å². The van der Waals surface area contributed by atoms with Gasteiger partial charge in [-0.25, -0.2) is 9.38 Å². The van der Waals surface area contributed by atoms with Crippen molar-refractivity contribution >= 4 is 17.6 Å². The van der Waals surface area contributed by atoms with Gasteiger partial charge in [-0.15, -0.1) is 0 Å². The molecule has 0 radical (unpaired) electrons. The van der Waals surface area contributed by atoms with Crippen LogP contribution in [0.3, 0.4) is 0 Å². The number of nitrogens with zero attached hydrogens (tertiary/aromatic N) is 1. The minimum absolute atomic E-state index is 0.0621. The number of aliphatic imine (C=N–C) groups is 1. The van der Waals surface area contributed by atoms with E-state index >= 15 is 0 Å². The van der Waals surface area contributed by atoms with E-state index in [1.807, 2.05) is 26.0 Å². The van der Waals surface area contributed by atoms with Gasteiger partial charge in [0.15, 0.2) is 0 Å². The molecule has 5 nitrogen and oxygen atoms in total. The van der Waals surface area contributed by atoms with Gasteiger partial charge in [0, 0.05) is 17.9 Å². The number of hydrogen-bond acceptors (Lipinski definition) is 3. The Morgan fingerprint density at radius 2 is 2.00 bits per heavy atom. The summed E-state index contributed by atoms with van der Waals surface area (Å²) in [5.74, 6) is -0.551. The predicted octanol–water partition coefficient (Wildman–Crippen LogP) is 3.82. The van der Waals surface area contributed by atoms with Crippen molar-refractivity contribution in [2.75, 3.05) is 18.5 Å². The van der Waals surface area contributed by atoms with E-state index in [0.29, 0.717) is 12.5 Å². The van der Waals surface area contributed by atoms with Crippen LogP contribution in [0.15, 0.2) is 47.5 Å². The first kappa shape index (κ1) is 19.0. The van der Waals surface area contributed by atoms with E-state index in [2.05, 4.69) is 21.7 Å². The largest absolute Gasteiger partial charge is 0.376 e. The van der Waals surface area contributed by atoms with E-state index in [0.717, 1.165) is 36.3 Å². The second-order valence-corrected chi connectivity index (χ2v) is 6.79. The van der Waals surface area contributed by atoms with E-state index in [1.165, 1.54) is 18.2 Å². The van der Waals surface area contributed by atoms with Crippen molar-refractivity contribution in [3.63, 3.8) is 0 Å². The third kappa shape index (κ3) is 5.62. The van der Waals surface area contributed by atoms with E-state index in [1.54, 1.807) is 6.07 Å². The van der Waals surface area contributed by atoms with E-state index < -0.39 is 11.7 Å². The molecule has 1 amide bonds. The first-order valence-corrected chi connectivity index (χ1v) is 9.08. The normalized spacial score (nSPS) is 17.0. The number of anilines is 1. The summed E-state index contributed by atoms with van der Waals surface area (Å²) in [5, 5.41) is 5.92. The summed E-state index contributed by atoms with van der Waals surface area (Å²) in [4.78, 5) is 17.0. The number of benzene rings is 2. The monoisotopic (exact) mass is 369 g/mol. The molecule has 1 fully saturated rings. The molecule has 6 heteroatoms. The number of amides is 1. The van der Waals surface area contributed by atoms with Crippen molar-refractivity contribution in [2.45, 2.75) is 32.8 Å². The number of guanidine groups is 1. The van der Waals surface area contributed by atoms with Gasteiger partial charge in [-0.2, -0.15) is 0 Å². The fourth-order valence-corrected chi connectivity index (χ4v) is 3.08. The Morgan fingerprint density at radius 1 is 1.22 bits per heavy atom. The molecule has 142 valence electrons. The Hall–Kier alpha value is -2.73. The molecule has 0 spiro atoms. The van der Waals surface area contributed by atoms with Gasteiger partial charge >= 0.3 is 0 Å². The summed E-state index contributed by atoms with van der Waals surface area (Å²) in [6, 6.07) is 11.6. The molecule has 1 unspecified atom stereocenters. The first-order valence-electron chi connectivity index (χ1n) is 9.08. The van der Waals surface area contributed by atoms with Crippen LogP contribution in [0.25, 0.3) is 0 Å². The third-order valence-electron chi connectivity index (χ3n) is 4.28. The maximum atomic E-state index is 13.4. The molecule has 0 bridgehead atoms. The van der Waals surface area contributed by atoms with Crippen molar-refractivity contribution in [3.8, 4) is 0 Å². The summed E-state index contributed by atoms with van der Waals surface area (Å²) < 4.78 is 19.0. The van der Waals surface area contributed by atoms with Crippen LogP contribution < -0.4 is 10.6 Å². The zero-order valence-corrected chi connectivity index (χ0v) is 15.6. The molecular weight excluding hydrogens is 345 g/mol. The average molecular weight is 369 g/mol. The molecule has 2 aromatic rings. The predicted molar refractivity (Wildman–Crippen MR) is 105 cm³/mol. The minimum Gasteiger partial charge on any atom is -0.376 e. The molecule has 2 N–H and O–H groups in total. The summed E-state index contributed by atoms with van der Waals surface area (Å²) in [6.45, 7) is 5.21. The van der Waals surface area contributed by atoms with Gasteiger partial charge in [-0.1, -0.05) is 12.1 Å². The Morgan fingerprint density at radius 3 is 2.67 bits per heavy atom. The number of ether oxygens (including phenoxy) is 1. The summed E-state index contributed by atoms with van der Waals surface area (Å²) in [5.41, 5.74) is 3.28. The van der Waals surface area contributed by atoms with E-state index in [4.69, 9.17) is 4.74 Å². The van der Waals surface area contributed by atoms with Crippen LogP contribution in [0.5, 0.6) is 0 Å². The lowest BCUT2D eigenvalue weighted by atomic mass is 10.1. The number of hydrogen-bond donors (Lipinski definition) is 2. The van der Waals surface area contributed by atoms with Crippen LogP contribution in [0.2, 0.25) is 0 Å². The number of nitrogens with one attached hydrogen (secondary N) is 2. The fraction of sp³-hybridized carbons (Fsp3) is 0.333. The number of halogens is 1. The quantitative estimate of drug-likeness (QED) is 0.636. The molecule has 1 heterocycles. The summed E-state index contributed by atoms with van der Waals surface area (Å²) >= 11 is 0. The van der Waals surface area contributed by atoms with Crippen molar-refractivity contribution in [3.05, 3.63) is 65.0 Å². The molecular formula is C21H24FN3O2. The number of aryl methyl sites for hydroxylation is 2. The highest BCUT2D eigenvalue weighted by Gasteiger charge is 2.16. The lowest BCUT2D eigenvalue weighted by Crippen LogP contribution is -2.36. The molecule has 0 aliphatic carbocycles. The number of carbonyl (C=O) groups is 1. The van der Waals surface area contributed by atoms with E-state index in [9.17, 15) is 9.18 Å². The van der Waals surface area contributed by atoms with Gasteiger partial charge in [0.25, 0.3) is 5.91 Å². The Kier molecular flexibility index (Phi) is 6.19. The molecule has 1 aliphatic rings. The van der Waals surface area contributed by atoms with Gasteiger partial charge in [0.1, 0.15) is 5.82 Å². The number of rotatable bonds is 4. The van der Waals surface area contributed by atoms with Gasteiger partial charge in [0.05, 0.1) is 12.6 Å². The topological polar surface area (TPSA) is 62.7 Å². The highest BCUT2D eigenvalue weighted by molar-refractivity contribution is 6.10. The lowest BCUT2D eigenvalue weighted by Gasteiger charge is -2.14. The average Bonchev–Trinajstić information content (AvgIpc) is 3.12. The van der Waals surface area contributed by atoms with Crippen molar-refractivity contribution < 1.29 is 13.9 Å². The summed E-state index contributed by atoms with van der Waals surface area (Å²) in [6.07, 6.45) is 2.04. The van der Waals surface area contributed by atoms with Crippen LogP contribution in [-0.4, -0.2) is 31.1 Å². The maximum absolute atomic E-state index is 13.4. The van der Waals surface area contributed by atoms with Crippen LogP contribution in [0.1, 0.15) is 34.3 Å². The Labute approximate surface area is 158 Å². The maximum Gasteiger partial charge on any atom is 0.258 e. The standard InChI is InChI=1S/C21H24FN3O2/c1-14-9-15(2)11-18(10-14)24-21(23-13-19-7-4-8-27-19)25-20(26)16-5-3-6-17(22)12-16/h3,5-6,9-12,19H,4,7-8,13H2,1-2H3,(H2,23,24,25,26). The van der Waals surface area contributed by atoms with E-state index in [-0.39, 0.29) is 11.7 Å². The molecule has 1 aliphatic heterocycles. The van der Waals surface area contributed by atoms with Crippen LogP contribution in [0.4, 0.5) is 10.1 Å². The second-order valence-electron chi connectivity index (χ2n) is 6.79. The van der Waals surface area contributed by atoms with Gasteiger partial charge in [0.2, 0.25) is 5.96 Å². The third-order valence-corrected chi connectivity index (χ3v) is 4.28. The first-order chi connectivity index (χ1) is 13.0. The minimum atomic E-state index is -0.456. The zero-order valence-electron chi connectivity index (χ0n) is 15.6.